The van der Waals surface area contributed by atoms with Gasteiger partial charge in [-0.1, -0.05) is 0 Å². The summed E-state index contributed by atoms with van der Waals surface area (Å²) in [5.41, 5.74) is 6.86. The minimum atomic E-state index is 0.00954. The zero-order chi connectivity index (χ0) is 12.4. The first-order chi connectivity index (χ1) is 8.11. The fourth-order valence-corrected chi connectivity index (χ4v) is 2.54. The summed E-state index contributed by atoms with van der Waals surface area (Å²) in [5.74, 6) is 0.00954. The van der Waals surface area contributed by atoms with E-state index in [-0.39, 0.29) is 18.0 Å². The Balaban J connectivity index is 2.27. The number of carbonyl (C=O) groups excluding carboxylic acids is 1. The van der Waals surface area contributed by atoms with Crippen molar-refractivity contribution in [2.75, 3.05) is 5.73 Å². The predicted octanol–water partition coefficient (Wildman–Crippen LogP) is 2.07. The summed E-state index contributed by atoms with van der Waals surface area (Å²) in [6.45, 7) is 4.19. The largest absolute Gasteiger partial charge is 0.398 e. The Kier molecular flexibility index (Phi) is 3.31. The summed E-state index contributed by atoms with van der Waals surface area (Å²) in [4.78, 5) is 18.4. The number of nitrogen functional groups attached to an aromatic ring is 1. The van der Waals surface area contributed by atoms with Crippen molar-refractivity contribution in [1.29, 1.82) is 0 Å². The molecule has 1 aliphatic heterocycles. The molecule has 0 unspecified atom stereocenters. The molecule has 0 saturated carbocycles. The van der Waals surface area contributed by atoms with E-state index in [2.05, 4.69) is 18.8 Å². The van der Waals surface area contributed by atoms with Crippen molar-refractivity contribution >= 4 is 11.6 Å². The molecule has 0 radical (unpaired) electrons. The molecular weight excluding hydrogens is 214 g/mol. The number of aromatic nitrogens is 1. The van der Waals surface area contributed by atoms with Gasteiger partial charge in [0.25, 0.3) is 5.91 Å². The van der Waals surface area contributed by atoms with Crippen LogP contribution in [0.3, 0.4) is 0 Å². The van der Waals surface area contributed by atoms with Gasteiger partial charge in [0.15, 0.2) is 0 Å². The zero-order valence-corrected chi connectivity index (χ0v) is 10.4. The second kappa shape index (κ2) is 4.73. The molecule has 2 rings (SSSR count). The Morgan fingerprint density at radius 2 is 2.06 bits per heavy atom. The molecule has 2 heterocycles. The van der Waals surface area contributed by atoms with E-state index in [1.54, 1.807) is 18.5 Å². The maximum Gasteiger partial charge on any atom is 0.257 e. The van der Waals surface area contributed by atoms with E-state index in [1.165, 1.54) is 6.42 Å². The maximum absolute atomic E-state index is 12.4. The summed E-state index contributed by atoms with van der Waals surface area (Å²) >= 11 is 0. The zero-order valence-electron chi connectivity index (χ0n) is 10.4. The van der Waals surface area contributed by atoms with Gasteiger partial charge in [0.05, 0.1) is 5.56 Å². The lowest BCUT2D eigenvalue weighted by atomic mass is 9.96. The third kappa shape index (κ3) is 2.25. The van der Waals surface area contributed by atoms with Gasteiger partial charge in [0.2, 0.25) is 0 Å². The lowest BCUT2D eigenvalue weighted by molar-refractivity contribution is 0.0511. The highest BCUT2D eigenvalue weighted by Crippen LogP contribution is 2.25. The maximum atomic E-state index is 12.4. The number of carbonyl (C=O) groups is 1. The molecule has 17 heavy (non-hydrogen) atoms. The Hall–Kier alpha value is -1.58. The molecule has 92 valence electrons. The molecular formula is C13H19N3O. The van der Waals surface area contributed by atoms with Gasteiger partial charge in [-0.3, -0.25) is 9.78 Å². The number of nitrogens with two attached hydrogens (primary N) is 1. The second-order valence-electron chi connectivity index (χ2n) is 4.80. The number of hydrogen-bond acceptors (Lipinski definition) is 3. The van der Waals surface area contributed by atoms with Gasteiger partial charge in [-0.25, -0.2) is 0 Å². The van der Waals surface area contributed by atoms with Gasteiger partial charge in [0, 0.05) is 30.2 Å². The Morgan fingerprint density at radius 3 is 2.65 bits per heavy atom. The molecule has 0 aromatic carbocycles. The third-order valence-electron chi connectivity index (χ3n) is 3.51. The molecule has 0 spiro atoms. The lowest BCUT2D eigenvalue weighted by Crippen LogP contribution is -2.47. The van der Waals surface area contributed by atoms with Crippen molar-refractivity contribution < 1.29 is 4.79 Å². The second-order valence-corrected chi connectivity index (χ2v) is 4.80. The standard InChI is InChI=1S/C13H19N3O/c1-9-4-3-5-10(2)16(9)13(17)11-8-15-7-6-12(11)14/h6-10H,3-5H2,1-2H3,(H2,14,15)/t9-,10+. The van der Waals surface area contributed by atoms with Crippen LogP contribution in [-0.4, -0.2) is 27.9 Å². The highest BCUT2D eigenvalue weighted by molar-refractivity contribution is 5.99. The van der Waals surface area contributed by atoms with Crippen molar-refractivity contribution in [2.24, 2.45) is 0 Å². The van der Waals surface area contributed by atoms with Gasteiger partial charge >= 0.3 is 0 Å². The Bertz CT molecular complexity index is 409. The van der Waals surface area contributed by atoms with Crippen LogP contribution in [0.4, 0.5) is 5.69 Å². The Labute approximate surface area is 102 Å². The molecule has 1 saturated heterocycles. The molecule has 1 aliphatic rings. The first-order valence-electron chi connectivity index (χ1n) is 6.13. The fourth-order valence-electron chi connectivity index (χ4n) is 2.54. The highest BCUT2D eigenvalue weighted by Gasteiger charge is 2.30. The Morgan fingerprint density at radius 1 is 1.41 bits per heavy atom. The van der Waals surface area contributed by atoms with E-state index in [4.69, 9.17) is 5.73 Å². The number of likely N-dealkylation sites (tertiary alicyclic amines) is 1. The van der Waals surface area contributed by atoms with Gasteiger partial charge < -0.3 is 10.6 Å². The first kappa shape index (κ1) is 11.9. The van der Waals surface area contributed by atoms with Crippen LogP contribution < -0.4 is 5.73 Å². The predicted molar refractivity (Wildman–Crippen MR) is 67.6 cm³/mol. The molecule has 4 heteroatoms. The number of hydrogen-bond donors (Lipinski definition) is 1. The van der Waals surface area contributed by atoms with E-state index in [1.807, 2.05) is 4.90 Å². The van der Waals surface area contributed by atoms with Gasteiger partial charge in [-0.15, -0.1) is 0 Å². The van der Waals surface area contributed by atoms with Gasteiger partial charge in [-0.05, 0) is 39.2 Å². The monoisotopic (exact) mass is 233 g/mol. The van der Waals surface area contributed by atoms with E-state index >= 15 is 0 Å². The van der Waals surface area contributed by atoms with Gasteiger partial charge in [0.1, 0.15) is 0 Å². The van der Waals surface area contributed by atoms with E-state index in [0.29, 0.717) is 11.3 Å². The molecule has 1 amide bonds. The first-order valence-corrected chi connectivity index (χ1v) is 6.13. The summed E-state index contributed by atoms with van der Waals surface area (Å²) < 4.78 is 0. The van der Waals surface area contributed by atoms with Crippen LogP contribution in [0, 0.1) is 0 Å². The normalized spacial score (nSPS) is 24.7. The van der Waals surface area contributed by atoms with Gasteiger partial charge in [-0.2, -0.15) is 0 Å². The molecule has 0 aliphatic carbocycles. The lowest BCUT2D eigenvalue weighted by Gasteiger charge is -2.39. The van der Waals surface area contributed by atoms with Crippen LogP contribution in [0.25, 0.3) is 0 Å². The number of anilines is 1. The van der Waals surface area contributed by atoms with Crippen molar-refractivity contribution in [1.82, 2.24) is 9.88 Å². The number of amides is 1. The fraction of sp³-hybridized carbons (Fsp3) is 0.538. The van der Waals surface area contributed by atoms with Crippen molar-refractivity contribution in [3.8, 4) is 0 Å². The summed E-state index contributed by atoms with van der Waals surface area (Å²) in [6, 6.07) is 2.24. The molecule has 1 aromatic heterocycles. The number of nitrogens with zero attached hydrogens (tertiary/aromatic N) is 2. The molecule has 1 aromatic rings. The van der Waals surface area contributed by atoms with Crippen LogP contribution >= 0.6 is 0 Å². The van der Waals surface area contributed by atoms with Crippen LogP contribution in [-0.2, 0) is 0 Å². The number of pyridine rings is 1. The molecule has 2 atom stereocenters. The van der Waals surface area contributed by atoms with Crippen LogP contribution in [0.15, 0.2) is 18.5 Å². The minimum absolute atomic E-state index is 0.00954. The molecule has 4 nitrogen and oxygen atoms in total. The van der Waals surface area contributed by atoms with E-state index < -0.39 is 0 Å². The third-order valence-corrected chi connectivity index (χ3v) is 3.51. The van der Waals surface area contributed by atoms with Crippen LogP contribution in [0.5, 0.6) is 0 Å². The summed E-state index contributed by atoms with van der Waals surface area (Å²) in [5, 5.41) is 0. The topological polar surface area (TPSA) is 59.2 Å². The average molecular weight is 233 g/mol. The molecule has 1 fully saturated rings. The quantitative estimate of drug-likeness (QED) is 0.807. The smallest absolute Gasteiger partial charge is 0.257 e. The van der Waals surface area contributed by atoms with Crippen LogP contribution in [0.1, 0.15) is 43.5 Å². The van der Waals surface area contributed by atoms with Crippen molar-refractivity contribution in [3.05, 3.63) is 24.0 Å². The molecule has 2 N–H and O–H groups in total. The average Bonchev–Trinajstić information content (AvgIpc) is 2.29. The van der Waals surface area contributed by atoms with Crippen molar-refractivity contribution in [3.63, 3.8) is 0 Å². The summed E-state index contributed by atoms with van der Waals surface area (Å²) in [6.07, 6.45) is 6.49. The minimum Gasteiger partial charge on any atom is -0.398 e. The number of rotatable bonds is 1. The molecule has 0 bridgehead atoms. The van der Waals surface area contributed by atoms with E-state index in [0.717, 1.165) is 12.8 Å². The van der Waals surface area contributed by atoms with Crippen molar-refractivity contribution in [2.45, 2.75) is 45.2 Å². The SMILES string of the molecule is C[C@@H]1CCC[C@H](C)N1C(=O)c1cnccc1N. The number of piperidine rings is 1. The highest BCUT2D eigenvalue weighted by atomic mass is 16.2. The van der Waals surface area contributed by atoms with E-state index in [9.17, 15) is 4.79 Å². The van der Waals surface area contributed by atoms with Crippen LogP contribution in [0.2, 0.25) is 0 Å². The summed E-state index contributed by atoms with van der Waals surface area (Å²) in [7, 11) is 0.